The fourth-order valence-electron chi connectivity index (χ4n) is 4.13. The highest BCUT2D eigenvalue weighted by molar-refractivity contribution is 5.81. The molecule has 1 spiro atoms. The monoisotopic (exact) mass is 317 g/mol. The molecule has 4 fully saturated rings. The number of hydrogen-bond acceptors (Lipinski definition) is 11. The summed E-state index contributed by atoms with van der Waals surface area (Å²) in [6.45, 7) is 0. The molecule has 8 N–H and O–H groups in total. The number of guanidine groups is 1. The van der Waals surface area contributed by atoms with Crippen molar-refractivity contribution in [2.24, 2.45) is 16.6 Å². The van der Waals surface area contributed by atoms with Crippen LogP contribution >= 0.6 is 0 Å². The van der Waals surface area contributed by atoms with E-state index >= 15 is 0 Å². The van der Waals surface area contributed by atoms with Gasteiger partial charge >= 0.3 is 5.97 Å². The van der Waals surface area contributed by atoms with Crippen molar-refractivity contribution in [3.05, 3.63) is 0 Å². The molecule has 11 heteroatoms. The highest BCUT2D eigenvalue weighted by Crippen LogP contribution is 2.58. The van der Waals surface area contributed by atoms with E-state index in [9.17, 15) is 30.3 Å². The number of nitrogens with zero attached hydrogens (tertiary/aromatic N) is 1. The van der Waals surface area contributed by atoms with Crippen LogP contribution in [0.5, 0.6) is 0 Å². The number of aliphatic hydroxyl groups excluding tert-OH is 3. The number of hydrogen-bond donors (Lipinski definition) is 7. The van der Waals surface area contributed by atoms with Crippen LogP contribution in [0.15, 0.2) is 4.99 Å². The highest BCUT2D eigenvalue weighted by Gasteiger charge is 2.83. The van der Waals surface area contributed by atoms with Crippen molar-refractivity contribution >= 4 is 12.2 Å². The zero-order valence-electron chi connectivity index (χ0n) is 11.0. The van der Waals surface area contributed by atoms with Crippen LogP contribution in [0, 0.1) is 5.92 Å². The van der Waals surface area contributed by atoms with Crippen LogP contribution in [-0.4, -0.2) is 85.5 Å². The molecule has 4 aliphatic heterocycles. The fourth-order valence-corrected chi connectivity index (χ4v) is 4.13. The van der Waals surface area contributed by atoms with Crippen molar-refractivity contribution in [2.75, 3.05) is 0 Å². The summed E-state index contributed by atoms with van der Waals surface area (Å²) in [5.41, 5.74) is 1.43. The number of rotatable bonds is 1. The van der Waals surface area contributed by atoms with Gasteiger partial charge in [-0.15, -0.1) is 0 Å². The number of carbonyl (C=O) groups is 1. The van der Waals surface area contributed by atoms with E-state index < -0.39 is 53.7 Å². The average Bonchev–Trinajstić information content (AvgIpc) is 2.45. The van der Waals surface area contributed by atoms with Crippen molar-refractivity contribution in [1.82, 2.24) is 5.32 Å². The number of aldehydes is 1. The Hall–Kier alpha value is -1.34. The molecule has 5 aliphatic rings. The Morgan fingerprint density at radius 1 is 1.23 bits per heavy atom. The summed E-state index contributed by atoms with van der Waals surface area (Å²) in [7, 11) is 0. The first kappa shape index (κ1) is 14.3. The minimum Gasteiger partial charge on any atom is -0.388 e. The fraction of sp³-hybridized carbons (Fsp3) is 0.818. The van der Waals surface area contributed by atoms with Crippen LogP contribution in [0.1, 0.15) is 0 Å². The lowest BCUT2D eigenvalue weighted by Gasteiger charge is -2.70. The van der Waals surface area contributed by atoms with Gasteiger partial charge in [-0.1, -0.05) is 0 Å². The lowest BCUT2D eigenvalue weighted by molar-refractivity contribution is -0.540. The standard InChI is InChI=1S/C11H15N3O8/c12-8-13-6(17)2-4-9(19,1-15)5-3(16)10(2,14-8)7(18)11(20,21-4)22-5/h1-7,16-20H,(H3,12,13,14)/t2-,3-,4-,5+,6-,7+,9+,10-,11+/m1/s1. The minimum absolute atomic E-state index is 0.112. The molecule has 0 aromatic carbocycles. The number of nitrogens with two attached hydrogens (primary N) is 1. The normalized spacial score (nSPS) is 62.1. The molecule has 1 aliphatic carbocycles. The first-order valence-electron chi connectivity index (χ1n) is 6.63. The zero-order valence-corrected chi connectivity index (χ0v) is 11.0. The number of ether oxygens (including phenoxy) is 2. The van der Waals surface area contributed by atoms with Crippen LogP contribution in [0.2, 0.25) is 0 Å². The summed E-state index contributed by atoms with van der Waals surface area (Å²) in [5, 5.41) is 54.5. The average molecular weight is 317 g/mol. The molecule has 1 saturated carbocycles. The molecule has 4 bridgehead atoms. The summed E-state index contributed by atoms with van der Waals surface area (Å²) in [6, 6.07) is 0. The molecule has 0 aromatic heterocycles. The van der Waals surface area contributed by atoms with Crippen molar-refractivity contribution in [3.8, 4) is 0 Å². The first-order valence-corrected chi connectivity index (χ1v) is 6.63. The molecule has 122 valence electrons. The van der Waals surface area contributed by atoms with E-state index in [4.69, 9.17) is 15.2 Å². The molecule has 0 unspecified atom stereocenters. The lowest BCUT2D eigenvalue weighted by Crippen LogP contribution is -2.95. The van der Waals surface area contributed by atoms with Gasteiger partial charge in [0.2, 0.25) is 0 Å². The number of aliphatic imine (C=N–C) groups is 1. The van der Waals surface area contributed by atoms with E-state index in [0.29, 0.717) is 0 Å². The third kappa shape index (κ3) is 1.23. The van der Waals surface area contributed by atoms with Gasteiger partial charge in [0, 0.05) is 0 Å². The molecule has 9 atom stereocenters. The van der Waals surface area contributed by atoms with Gasteiger partial charge < -0.3 is 46.1 Å². The Kier molecular flexibility index (Phi) is 2.44. The molecule has 0 amide bonds. The van der Waals surface area contributed by atoms with Crippen molar-refractivity contribution in [2.45, 2.75) is 47.8 Å². The Morgan fingerprint density at radius 2 is 1.86 bits per heavy atom. The number of nitrogens with one attached hydrogen (secondary N) is 1. The van der Waals surface area contributed by atoms with Gasteiger partial charge in [-0.2, -0.15) is 0 Å². The Labute approximate surface area is 123 Å². The molecule has 3 saturated heterocycles. The van der Waals surface area contributed by atoms with Gasteiger partial charge in [0.05, 0.1) is 5.92 Å². The Bertz CT molecular complexity index is 588. The van der Waals surface area contributed by atoms with Crippen molar-refractivity contribution in [3.63, 3.8) is 0 Å². The van der Waals surface area contributed by atoms with Gasteiger partial charge in [-0.3, -0.25) is 4.79 Å². The second-order valence-electron chi connectivity index (χ2n) is 6.07. The number of carbonyl (C=O) groups excluding carboxylic acids is 1. The van der Waals surface area contributed by atoms with E-state index in [0.717, 1.165) is 0 Å². The van der Waals surface area contributed by atoms with Gasteiger partial charge in [0.15, 0.2) is 30.2 Å². The topological polar surface area (TPSA) is 187 Å². The van der Waals surface area contributed by atoms with Crippen LogP contribution in [0.25, 0.3) is 0 Å². The Balaban J connectivity index is 1.96. The quantitative estimate of drug-likeness (QED) is 0.230. The van der Waals surface area contributed by atoms with Gasteiger partial charge in [0.1, 0.15) is 23.9 Å². The first-order chi connectivity index (χ1) is 10.2. The van der Waals surface area contributed by atoms with Gasteiger partial charge in [0.25, 0.3) is 0 Å². The van der Waals surface area contributed by atoms with Crippen molar-refractivity contribution < 1.29 is 39.8 Å². The SMILES string of the molecule is NC1=N[C@H](O)[C@H]2[C@H]3O[C@]4(O)O[C@@H]([C@@H](O)[C@@]2(N1)[C@@H]4O)[C@]3(O)C=O. The predicted molar refractivity (Wildman–Crippen MR) is 64.7 cm³/mol. The molecule has 11 nitrogen and oxygen atoms in total. The van der Waals surface area contributed by atoms with Crippen LogP contribution in [-0.2, 0) is 14.3 Å². The largest absolute Gasteiger partial charge is 0.388 e. The third-order valence-electron chi connectivity index (χ3n) is 5.08. The molecule has 5 rings (SSSR count). The molecular formula is C11H15N3O8. The van der Waals surface area contributed by atoms with E-state index in [1.54, 1.807) is 0 Å². The summed E-state index contributed by atoms with van der Waals surface area (Å²) in [5.74, 6) is -4.09. The molecule has 22 heavy (non-hydrogen) atoms. The molecular weight excluding hydrogens is 302 g/mol. The predicted octanol–water partition coefficient (Wildman–Crippen LogP) is -5.31. The van der Waals surface area contributed by atoms with Gasteiger partial charge in [-0.25, -0.2) is 4.99 Å². The maximum Gasteiger partial charge on any atom is 0.311 e. The summed E-state index contributed by atoms with van der Waals surface area (Å²) in [6.07, 6.45) is -8.05. The van der Waals surface area contributed by atoms with Gasteiger partial charge in [-0.05, 0) is 0 Å². The second-order valence-corrected chi connectivity index (χ2v) is 6.07. The number of aliphatic hydroxyl groups is 5. The Morgan fingerprint density at radius 3 is 2.50 bits per heavy atom. The zero-order chi connectivity index (χ0) is 16.1. The highest BCUT2D eigenvalue weighted by atomic mass is 16.9. The van der Waals surface area contributed by atoms with Crippen LogP contribution in [0.3, 0.4) is 0 Å². The summed E-state index contributed by atoms with van der Waals surface area (Å²) in [4.78, 5) is 15.0. The molecule has 4 heterocycles. The molecule has 0 radical (unpaired) electrons. The molecule has 0 aromatic rings. The third-order valence-corrected chi connectivity index (χ3v) is 5.08. The van der Waals surface area contributed by atoms with E-state index in [1.807, 2.05) is 0 Å². The smallest absolute Gasteiger partial charge is 0.311 e. The van der Waals surface area contributed by atoms with E-state index in [-0.39, 0.29) is 12.2 Å². The maximum atomic E-state index is 11.4. The van der Waals surface area contributed by atoms with Crippen molar-refractivity contribution in [1.29, 1.82) is 0 Å². The van der Waals surface area contributed by atoms with Crippen LogP contribution in [0.4, 0.5) is 0 Å². The van der Waals surface area contributed by atoms with E-state index in [1.165, 1.54) is 0 Å². The second kappa shape index (κ2) is 3.76. The van der Waals surface area contributed by atoms with Crippen LogP contribution < -0.4 is 11.1 Å². The van der Waals surface area contributed by atoms with E-state index in [2.05, 4.69) is 10.3 Å². The summed E-state index contributed by atoms with van der Waals surface area (Å²) < 4.78 is 10.1. The lowest BCUT2D eigenvalue weighted by atomic mass is 9.55. The summed E-state index contributed by atoms with van der Waals surface area (Å²) >= 11 is 0. The maximum absolute atomic E-state index is 11.4. The minimum atomic E-state index is -2.56.